The van der Waals surface area contributed by atoms with Gasteiger partial charge in [0.1, 0.15) is 6.04 Å². The first-order valence-electron chi connectivity index (χ1n) is 4.89. The van der Waals surface area contributed by atoms with E-state index in [0.717, 1.165) is 5.69 Å². The maximum Gasteiger partial charge on any atom is 0.328 e. The lowest BCUT2D eigenvalue weighted by Crippen LogP contribution is -2.35. The number of nitrogens with one attached hydrogen (secondary N) is 1. The van der Waals surface area contributed by atoms with Crippen LogP contribution in [-0.2, 0) is 9.53 Å². The number of hydrogen-bond donors (Lipinski definition) is 1. The first-order chi connectivity index (χ1) is 7.15. The number of carbonyl (C=O) groups excluding carboxylic acids is 1. The molecule has 0 radical (unpaired) electrons. The summed E-state index contributed by atoms with van der Waals surface area (Å²) in [7, 11) is 1.39. The SMILES string of the molecule is COC(=O)C(Nc1cccnc1)C(C)C. The van der Waals surface area contributed by atoms with Gasteiger partial charge in [-0.2, -0.15) is 0 Å². The van der Waals surface area contributed by atoms with Gasteiger partial charge in [0.15, 0.2) is 0 Å². The topological polar surface area (TPSA) is 51.2 Å². The van der Waals surface area contributed by atoms with Gasteiger partial charge in [0.2, 0.25) is 0 Å². The zero-order valence-corrected chi connectivity index (χ0v) is 9.23. The summed E-state index contributed by atoms with van der Waals surface area (Å²) in [4.78, 5) is 15.4. The van der Waals surface area contributed by atoms with Gasteiger partial charge in [0.05, 0.1) is 12.8 Å². The van der Waals surface area contributed by atoms with Crippen molar-refractivity contribution in [3.05, 3.63) is 24.5 Å². The Labute approximate surface area is 89.7 Å². The molecule has 1 heterocycles. The lowest BCUT2D eigenvalue weighted by Gasteiger charge is -2.20. The molecule has 0 bridgehead atoms. The Hall–Kier alpha value is -1.58. The molecule has 1 atom stereocenters. The Kier molecular flexibility index (Phi) is 4.09. The second kappa shape index (κ2) is 5.34. The van der Waals surface area contributed by atoms with Gasteiger partial charge < -0.3 is 10.1 Å². The van der Waals surface area contributed by atoms with Gasteiger partial charge in [-0.1, -0.05) is 13.8 Å². The molecule has 0 spiro atoms. The summed E-state index contributed by atoms with van der Waals surface area (Å²) in [6.45, 7) is 3.93. The molecular weight excluding hydrogens is 192 g/mol. The quantitative estimate of drug-likeness (QED) is 0.765. The molecule has 1 unspecified atom stereocenters. The number of rotatable bonds is 4. The smallest absolute Gasteiger partial charge is 0.328 e. The van der Waals surface area contributed by atoms with Crippen LogP contribution in [0.15, 0.2) is 24.5 Å². The highest BCUT2D eigenvalue weighted by Gasteiger charge is 2.22. The number of aromatic nitrogens is 1. The Bertz CT molecular complexity index is 312. The minimum atomic E-state index is -0.334. The van der Waals surface area contributed by atoms with Crippen LogP contribution in [0.2, 0.25) is 0 Å². The van der Waals surface area contributed by atoms with Gasteiger partial charge in [-0.25, -0.2) is 4.79 Å². The van der Waals surface area contributed by atoms with Gasteiger partial charge in [0, 0.05) is 12.4 Å². The van der Waals surface area contributed by atoms with E-state index in [1.54, 1.807) is 12.4 Å². The molecule has 1 N–H and O–H groups in total. The van der Waals surface area contributed by atoms with Crippen LogP contribution >= 0.6 is 0 Å². The van der Waals surface area contributed by atoms with E-state index in [1.165, 1.54) is 7.11 Å². The number of nitrogens with zero attached hydrogens (tertiary/aromatic N) is 1. The fourth-order valence-corrected chi connectivity index (χ4v) is 1.25. The van der Waals surface area contributed by atoms with Gasteiger partial charge >= 0.3 is 5.97 Å². The third-order valence-electron chi connectivity index (χ3n) is 2.11. The largest absolute Gasteiger partial charge is 0.467 e. The highest BCUT2D eigenvalue weighted by Crippen LogP contribution is 2.12. The van der Waals surface area contributed by atoms with Gasteiger partial charge in [0.25, 0.3) is 0 Å². The maximum absolute atomic E-state index is 11.5. The van der Waals surface area contributed by atoms with Gasteiger partial charge in [-0.05, 0) is 18.1 Å². The molecule has 0 aliphatic carbocycles. The van der Waals surface area contributed by atoms with Gasteiger partial charge in [-0.15, -0.1) is 0 Å². The summed E-state index contributed by atoms with van der Waals surface area (Å²) in [5.41, 5.74) is 0.821. The molecular formula is C11H16N2O2. The minimum Gasteiger partial charge on any atom is -0.467 e. The molecule has 0 saturated carbocycles. The van der Waals surface area contributed by atoms with Crippen molar-refractivity contribution in [1.29, 1.82) is 0 Å². The van der Waals surface area contributed by atoms with Crippen LogP contribution in [0.5, 0.6) is 0 Å². The highest BCUT2D eigenvalue weighted by molar-refractivity contribution is 5.79. The molecule has 0 fully saturated rings. The number of methoxy groups -OCH3 is 1. The molecule has 0 amide bonds. The van der Waals surface area contributed by atoms with Crippen LogP contribution in [0.3, 0.4) is 0 Å². The van der Waals surface area contributed by atoms with E-state index in [-0.39, 0.29) is 17.9 Å². The third-order valence-corrected chi connectivity index (χ3v) is 2.11. The van der Waals surface area contributed by atoms with Crippen molar-refractivity contribution < 1.29 is 9.53 Å². The predicted octanol–water partition coefficient (Wildman–Crippen LogP) is 1.69. The van der Waals surface area contributed by atoms with E-state index >= 15 is 0 Å². The standard InChI is InChI=1S/C11H16N2O2/c1-8(2)10(11(14)15-3)13-9-5-4-6-12-7-9/h4-8,10,13H,1-3H3. The second-order valence-corrected chi connectivity index (χ2v) is 3.63. The molecule has 0 aliphatic rings. The van der Waals surface area contributed by atoms with Crippen LogP contribution < -0.4 is 5.32 Å². The fourth-order valence-electron chi connectivity index (χ4n) is 1.25. The summed E-state index contributed by atoms with van der Waals surface area (Å²) in [6, 6.07) is 3.35. The van der Waals surface area contributed by atoms with Crippen LogP contribution in [0.25, 0.3) is 0 Å². The number of hydrogen-bond acceptors (Lipinski definition) is 4. The van der Waals surface area contributed by atoms with Crippen molar-refractivity contribution in [2.45, 2.75) is 19.9 Å². The van der Waals surface area contributed by atoms with Crippen molar-refractivity contribution in [2.75, 3.05) is 12.4 Å². The molecule has 0 aromatic carbocycles. The zero-order valence-electron chi connectivity index (χ0n) is 9.23. The number of pyridine rings is 1. The second-order valence-electron chi connectivity index (χ2n) is 3.63. The van der Waals surface area contributed by atoms with E-state index < -0.39 is 0 Å². The molecule has 4 nitrogen and oxygen atoms in total. The first kappa shape index (κ1) is 11.5. The summed E-state index contributed by atoms with van der Waals surface area (Å²) in [5, 5.41) is 3.09. The number of carbonyl (C=O) groups is 1. The molecule has 0 saturated heterocycles. The lowest BCUT2D eigenvalue weighted by molar-refractivity contribution is -0.142. The van der Waals surface area contributed by atoms with E-state index in [0.29, 0.717) is 0 Å². The molecule has 15 heavy (non-hydrogen) atoms. The molecule has 1 aromatic rings. The zero-order chi connectivity index (χ0) is 11.3. The van der Waals surface area contributed by atoms with Crippen molar-refractivity contribution >= 4 is 11.7 Å². The maximum atomic E-state index is 11.5. The summed E-state index contributed by atoms with van der Waals surface area (Å²) < 4.78 is 4.72. The Balaban J connectivity index is 2.72. The molecule has 1 rings (SSSR count). The van der Waals surface area contributed by atoms with Crippen molar-refractivity contribution in [1.82, 2.24) is 4.98 Å². The van der Waals surface area contributed by atoms with E-state index in [4.69, 9.17) is 4.74 Å². The molecule has 82 valence electrons. The van der Waals surface area contributed by atoms with Crippen LogP contribution in [0.4, 0.5) is 5.69 Å². The van der Waals surface area contributed by atoms with Crippen molar-refractivity contribution in [3.63, 3.8) is 0 Å². The number of ether oxygens (including phenoxy) is 1. The third kappa shape index (κ3) is 3.23. The average Bonchev–Trinajstić information content (AvgIpc) is 2.26. The number of esters is 1. The average molecular weight is 208 g/mol. The Morgan fingerprint density at radius 3 is 2.73 bits per heavy atom. The van der Waals surface area contributed by atoms with Crippen LogP contribution in [-0.4, -0.2) is 24.1 Å². The van der Waals surface area contributed by atoms with E-state index in [9.17, 15) is 4.79 Å². The summed E-state index contributed by atoms with van der Waals surface area (Å²) in [6.07, 6.45) is 3.37. The molecule has 1 aromatic heterocycles. The first-order valence-corrected chi connectivity index (χ1v) is 4.89. The summed E-state index contributed by atoms with van der Waals surface area (Å²) >= 11 is 0. The van der Waals surface area contributed by atoms with Crippen molar-refractivity contribution in [3.8, 4) is 0 Å². The minimum absolute atomic E-state index is 0.164. The summed E-state index contributed by atoms with van der Waals surface area (Å²) in [5.74, 6) is -0.0912. The molecule has 0 aliphatic heterocycles. The van der Waals surface area contributed by atoms with Crippen LogP contribution in [0, 0.1) is 5.92 Å². The van der Waals surface area contributed by atoms with Crippen LogP contribution in [0.1, 0.15) is 13.8 Å². The molecule has 4 heteroatoms. The van der Waals surface area contributed by atoms with E-state index in [2.05, 4.69) is 10.3 Å². The number of anilines is 1. The predicted molar refractivity (Wildman–Crippen MR) is 58.5 cm³/mol. The Morgan fingerprint density at radius 1 is 1.53 bits per heavy atom. The normalized spacial score (nSPS) is 12.3. The van der Waals surface area contributed by atoms with E-state index in [1.807, 2.05) is 26.0 Å². The fraction of sp³-hybridized carbons (Fsp3) is 0.455. The van der Waals surface area contributed by atoms with Crippen molar-refractivity contribution in [2.24, 2.45) is 5.92 Å². The van der Waals surface area contributed by atoms with Gasteiger partial charge in [-0.3, -0.25) is 4.98 Å². The monoisotopic (exact) mass is 208 g/mol. The highest BCUT2D eigenvalue weighted by atomic mass is 16.5. The Morgan fingerprint density at radius 2 is 2.27 bits per heavy atom. The lowest BCUT2D eigenvalue weighted by atomic mass is 10.0.